The minimum Gasteiger partial charge on any atom is -0.370 e. The zero-order valence-electron chi connectivity index (χ0n) is 13.5. The van der Waals surface area contributed by atoms with Gasteiger partial charge in [-0.3, -0.25) is 4.99 Å². The Morgan fingerprint density at radius 3 is 2.50 bits per heavy atom. The maximum absolute atomic E-state index is 6.00. The predicted molar refractivity (Wildman–Crippen MR) is 94.2 cm³/mol. The van der Waals surface area contributed by atoms with Crippen LogP contribution in [0.1, 0.15) is 17.2 Å². The lowest BCUT2D eigenvalue weighted by atomic mass is 10.1. The fourth-order valence-corrected chi connectivity index (χ4v) is 2.34. The van der Waals surface area contributed by atoms with Crippen molar-refractivity contribution in [3.8, 4) is 0 Å². The summed E-state index contributed by atoms with van der Waals surface area (Å²) >= 11 is 0. The second-order valence-electron chi connectivity index (χ2n) is 5.61. The molecular weight excluding hydrogens is 272 g/mol. The van der Waals surface area contributed by atoms with Crippen LogP contribution in [0.3, 0.4) is 0 Å². The van der Waals surface area contributed by atoms with Crippen molar-refractivity contribution in [1.82, 2.24) is 4.90 Å². The summed E-state index contributed by atoms with van der Waals surface area (Å²) in [5.41, 5.74) is 9.39. The van der Waals surface area contributed by atoms with Crippen molar-refractivity contribution in [2.45, 2.75) is 13.0 Å². The number of aliphatic imine (C=N–C) groups is 1. The molecule has 0 aliphatic carbocycles. The Morgan fingerprint density at radius 2 is 1.86 bits per heavy atom. The molecule has 4 nitrogen and oxygen atoms in total. The Hall–Kier alpha value is -2.33. The van der Waals surface area contributed by atoms with Crippen LogP contribution in [-0.4, -0.2) is 31.5 Å². The van der Waals surface area contributed by atoms with Gasteiger partial charge in [-0.15, -0.1) is 0 Å². The molecule has 0 bridgehead atoms. The first kappa shape index (κ1) is 16.0. The molecule has 0 aliphatic heterocycles. The van der Waals surface area contributed by atoms with Crippen molar-refractivity contribution in [1.29, 1.82) is 0 Å². The summed E-state index contributed by atoms with van der Waals surface area (Å²) in [5.74, 6) is 0.438. The Kier molecular flexibility index (Phi) is 5.55. The Bertz CT molecular complexity index is 620. The van der Waals surface area contributed by atoms with Gasteiger partial charge in [0.15, 0.2) is 5.96 Å². The van der Waals surface area contributed by atoms with E-state index < -0.39 is 0 Å². The third kappa shape index (κ3) is 4.60. The molecule has 0 aromatic heterocycles. The molecule has 0 heterocycles. The molecule has 1 unspecified atom stereocenters. The number of rotatable bonds is 5. The van der Waals surface area contributed by atoms with Gasteiger partial charge in [0.25, 0.3) is 0 Å². The van der Waals surface area contributed by atoms with Gasteiger partial charge in [0.05, 0.1) is 12.6 Å². The van der Waals surface area contributed by atoms with Crippen LogP contribution in [0.2, 0.25) is 0 Å². The van der Waals surface area contributed by atoms with Gasteiger partial charge in [-0.25, -0.2) is 0 Å². The third-order valence-electron chi connectivity index (χ3n) is 3.53. The van der Waals surface area contributed by atoms with Crippen molar-refractivity contribution in [3.63, 3.8) is 0 Å². The molecule has 0 saturated carbocycles. The molecule has 2 aromatic carbocycles. The average molecular weight is 296 g/mol. The summed E-state index contributed by atoms with van der Waals surface area (Å²) in [6, 6.07) is 18.6. The van der Waals surface area contributed by atoms with E-state index in [1.165, 1.54) is 11.1 Å². The van der Waals surface area contributed by atoms with Crippen molar-refractivity contribution < 1.29 is 0 Å². The SMILES string of the molecule is Cc1cccc(NC(N)=NCC(c2ccccc2)N(C)C)c1. The summed E-state index contributed by atoms with van der Waals surface area (Å²) in [6.07, 6.45) is 0. The van der Waals surface area contributed by atoms with E-state index in [4.69, 9.17) is 5.73 Å². The van der Waals surface area contributed by atoms with Crippen molar-refractivity contribution in [2.75, 3.05) is 26.0 Å². The van der Waals surface area contributed by atoms with Crippen LogP contribution < -0.4 is 11.1 Å². The van der Waals surface area contributed by atoms with Crippen LogP contribution in [0.25, 0.3) is 0 Å². The summed E-state index contributed by atoms with van der Waals surface area (Å²) in [5, 5.41) is 3.14. The predicted octanol–water partition coefficient (Wildman–Crippen LogP) is 3.02. The molecule has 0 radical (unpaired) electrons. The van der Waals surface area contributed by atoms with E-state index in [1.807, 2.05) is 36.4 Å². The van der Waals surface area contributed by atoms with Gasteiger partial charge in [-0.1, -0.05) is 42.5 Å². The standard InChI is InChI=1S/C18H24N4/c1-14-8-7-11-16(12-14)21-18(19)20-13-17(22(2)3)15-9-5-4-6-10-15/h4-12,17H,13H2,1-3H3,(H3,19,20,21). The first-order valence-corrected chi connectivity index (χ1v) is 7.41. The van der Waals surface area contributed by atoms with Gasteiger partial charge in [0.2, 0.25) is 0 Å². The lowest BCUT2D eigenvalue weighted by Crippen LogP contribution is -2.27. The molecule has 0 amide bonds. The highest BCUT2D eigenvalue weighted by Crippen LogP contribution is 2.18. The summed E-state index contributed by atoms with van der Waals surface area (Å²) in [4.78, 5) is 6.64. The monoisotopic (exact) mass is 296 g/mol. The van der Waals surface area contributed by atoms with Gasteiger partial charge in [-0.05, 0) is 44.3 Å². The molecule has 0 aliphatic rings. The van der Waals surface area contributed by atoms with Crippen LogP contribution in [0, 0.1) is 6.92 Å². The fraction of sp³-hybridized carbons (Fsp3) is 0.278. The summed E-state index contributed by atoms with van der Waals surface area (Å²) < 4.78 is 0. The third-order valence-corrected chi connectivity index (χ3v) is 3.53. The maximum atomic E-state index is 6.00. The topological polar surface area (TPSA) is 53.6 Å². The number of anilines is 1. The van der Waals surface area contributed by atoms with Crippen LogP contribution in [0.5, 0.6) is 0 Å². The van der Waals surface area contributed by atoms with Gasteiger partial charge >= 0.3 is 0 Å². The summed E-state index contributed by atoms with van der Waals surface area (Å²) in [7, 11) is 4.11. The van der Waals surface area contributed by atoms with Crippen LogP contribution >= 0.6 is 0 Å². The van der Waals surface area contributed by atoms with E-state index in [0.29, 0.717) is 12.5 Å². The van der Waals surface area contributed by atoms with Gasteiger partial charge in [0, 0.05) is 5.69 Å². The number of likely N-dealkylation sites (N-methyl/N-ethyl adjacent to an activating group) is 1. The van der Waals surface area contributed by atoms with Crippen LogP contribution in [0.15, 0.2) is 59.6 Å². The van der Waals surface area contributed by atoms with Crippen LogP contribution in [-0.2, 0) is 0 Å². The van der Waals surface area contributed by atoms with E-state index in [9.17, 15) is 0 Å². The average Bonchev–Trinajstić information content (AvgIpc) is 2.48. The number of nitrogens with two attached hydrogens (primary N) is 1. The Morgan fingerprint density at radius 1 is 1.14 bits per heavy atom. The minimum absolute atomic E-state index is 0.207. The highest BCUT2D eigenvalue weighted by atomic mass is 15.1. The van der Waals surface area contributed by atoms with Crippen molar-refractivity contribution in [2.24, 2.45) is 10.7 Å². The maximum Gasteiger partial charge on any atom is 0.193 e. The first-order valence-electron chi connectivity index (χ1n) is 7.41. The van der Waals surface area contributed by atoms with Gasteiger partial charge in [-0.2, -0.15) is 0 Å². The molecule has 2 aromatic rings. The second-order valence-corrected chi connectivity index (χ2v) is 5.61. The fourth-order valence-electron chi connectivity index (χ4n) is 2.34. The number of guanidine groups is 1. The second kappa shape index (κ2) is 7.61. The Labute approximate surface area is 132 Å². The molecule has 0 fully saturated rings. The number of hydrogen-bond donors (Lipinski definition) is 2. The molecule has 116 valence electrons. The van der Waals surface area contributed by atoms with E-state index >= 15 is 0 Å². The van der Waals surface area contributed by atoms with Crippen molar-refractivity contribution >= 4 is 11.6 Å². The number of nitrogens with zero attached hydrogens (tertiary/aromatic N) is 2. The smallest absolute Gasteiger partial charge is 0.193 e. The molecular formula is C18H24N4. The molecule has 2 rings (SSSR count). The number of hydrogen-bond acceptors (Lipinski definition) is 2. The van der Waals surface area contributed by atoms with Gasteiger partial charge in [0.1, 0.15) is 0 Å². The number of aryl methyl sites for hydroxylation is 1. The zero-order valence-corrected chi connectivity index (χ0v) is 13.5. The molecule has 22 heavy (non-hydrogen) atoms. The quantitative estimate of drug-likeness (QED) is 0.659. The molecule has 1 atom stereocenters. The zero-order chi connectivity index (χ0) is 15.9. The van der Waals surface area contributed by atoms with Gasteiger partial charge < -0.3 is 16.0 Å². The lowest BCUT2D eigenvalue weighted by molar-refractivity contribution is 0.306. The lowest BCUT2D eigenvalue weighted by Gasteiger charge is -2.23. The molecule has 0 spiro atoms. The highest BCUT2D eigenvalue weighted by molar-refractivity contribution is 5.92. The number of nitrogens with one attached hydrogen (secondary N) is 1. The normalized spacial score (nSPS) is 13.2. The summed E-state index contributed by atoms with van der Waals surface area (Å²) in [6.45, 7) is 2.66. The van der Waals surface area contributed by atoms with E-state index in [-0.39, 0.29) is 6.04 Å². The molecule has 4 heteroatoms. The van der Waals surface area contributed by atoms with Crippen LogP contribution in [0.4, 0.5) is 5.69 Å². The molecule has 3 N–H and O–H groups in total. The van der Waals surface area contributed by atoms with E-state index in [0.717, 1.165) is 5.69 Å². The van der Waals surface area contributed by atoms with E-state index in [1.54, 1.807) is 0 Å². The van der Waals surface area contributed by atoms with Crippen molar-refractivity contribution in [3.05, 3.63) is 65.7 Å². The first-order chi connectivity index (χ1) is 10.6. The minimum atomic E-state index is 0.207. The highest BCUT2D eigenvalue weighted by Gasteiger charge is 2.13. The van der Waals surface area contributed by atoms with E-state index in [2.05, 4.69) is 54.4 Å². The molecule has 0 saturated heterocycles. The Balaban J connectivity index is 2.04. The largest absolute Gasteiger partial charge is 0.370 e. The number of benzene rings is 2.